The fourth-order valence-electron chi connectivity index (χ4n) is 1.46. The second kappa shape index (κ2) is 5.52. The first-order valence-corrected chi connectivity index (χ1v) is 5.88. The minimum absolute atomic E-state index is 0.329. The summed E-state index contributed by atoms with van der Waals surface area (Å²) in [6, 6.07) is 6.08. The number of halogens is 1. The lowest BCUT2D eigenvalue weighted by Crippen LogP contribution is -1.98. The molecule has 14 heavy (non-hydrogen) atoms. The van der Waals surface area contributed by atoms with Gasteiger partial charge in [0, 0.05) is 4.47 Å². The van der Waals surface area contributed by atoms with Gasteiger partial charge in [0.2, 0.25) is 0 Å². The van der Waals surface area contributed by atoms with Crippen LogP contribution in [-0.4, -0.2) is 5.11 Å². The van der Waals surface area contributed by atoms with Crippen LogP contribution in [0.3, 0.4) is 0 Å². The van der Waals surface area contributed by atoms with Crippen LogP contribution in [0.25, 0.3) is 0 Å². The van der Waals surface area contributed by atoms with Crippen molar-refractivity contribution in [1.29, 1.82) is 0 Å². The smallest absolute Gasteiger partial charge is 0.0800 e. The van der Waals surface area contributed by atoms with Crippen molar-refractivity contribution < 1.29 is 5.11 Å². The molecule has 0 saturated heterocycles. The maximum absolute atomic E-state index is 9.89. The van der Waals surface area contributed by atoms with E-state index in [1.807, 2.05) is 25.1 Å². The van der Waals surface area contributed by atoms with Crippen molar-refractivity contribution in [1.82, 2.24) is 0 Å². The molecule has 0 saturated carbocycles. The Morgan fingerprint density at radius 1 is 1.43 bits per heavy atom. The molecule has 1 aromatic rings. The van der Waals surface area contributed by atoms with Crippen LogP contribution in [0, 0.1) is 6.92 Å². The predicted octanol–water partition coefficient (Wildman–Crippen LogP) is 3.98. The zero-order chi connectivity index (χ0) is 10.6. The van der Waals surface area contributed by atoms with Crippen LogP contribution in [0.4, 0.5) is 0 Å². The van der Waals surface area contributed by atoms with Gasteiger partial charge < -0.3 is 5.11 Å². The van der Waals surface area contributed by atoms with E-state index in [2.05, 4.69) is 22.9 Å². The fourth-order valence-corrected chi connectivity index (χ4v) is 2.21. The molecule has 0 bridgehead atoms. The van der Waals surface area contributed by atoms with Crippen LogP contribution in [0.15, 0.2) is 22.7 Å². The lowest BCUT2D eigenvalue weighted by atomic mass is 10.0. The summed E-state index contributed by atoms with van der Waals surface area (Å²) in [7, 11) is 0. The van der Waals surface area contributed by atoms with Crippen LogP contribution in [-0.2, 0) is 0 Å². The zero-order valence-corrected chi connectivity index (χ0v) is 10.3. The van der Waals surface area contributed by atoms with Gasteiger partial charge in [-0.3, -0.25) is 0 Å². The molecule has 78 valence electrons. The number of hydrogen-bond donors (Lipinski definition) is 1. The van der Waals surface area contributed by atoms with E-state index in [9.17, 15) is 5.11 Å². The molecular weight excluding hydrogens is 240 g/mol. The molecule has 0 amide bonds. The maximum atomic E-state index is 9.89. The first-order chi connectivity index (χ1) is 6.65. The molecule has 0 fully saturated rings. The number of aryl methyl sites for hydroxylation is 1. The summed E-state index contributed by atoms with van der Waals surface area (Å²) in [5.74, 6) is 0. The molecule has 0 aromatic heterocycles. The fraction of sp³-hybridized carbons (Fsp3) is 0.500. The lowest BCUT2D eigenvalue weighted by molar-refractivity contribution is 0.163. The highest BCUT2D eigenvalue weighted by atomic mass is 79.9. The summed E-state index contributed by atoms with van der Waals surface area (Å²) in [6.45, 7) is 4.18. The minimum atomic E-state index is -0.329. The van der Waals surface area contributed by atoms with Crippen molar-refractivity contribution in [3.05, 3.63) is 33.8 Å². The third-order valence-corrected chi connectivity index (χ3v) is 3.03. The molecule has 0 aliphatic heterocycles. The van der Waals surface area contributed by atoms with Gasteiger partial charge in [-0.15, -0.1) is 0 Å². The Labute approximate surface area is 94.3 Å². The SMILES string of the molecule is CCCCC(O)c1ccc(C)cc1Br. The molecule has 1 atom stereocenters. The van der Waals surface area contributed by atoms with Crippen LogP contribution in [0.2, 0.25) is 0 Å². The normalized spacial score (nSPS) is 12.9. The Morgan fingerprint density at radius 3 is 2.71 bits per heavy atom. The van der Waals surface area contributed by atoms with Crippen molar-refractivity contribution in [2.75, 3.05) is 0 Å². The molecule has 1 nitrogen and oxygen atoms in total. The van der Waals surface area contributed by atoms with Crippen LogP contribution in [0.1, 0.15) is 43.4 Å². The van der Waals surface area contributed by atoms with Gasteiger partial charge in [0.15, 0.2) is 0 Å². The third kappa shape index (κ3) is 3.10. The van der Waals surface area contributed by atoms with Gasteiger partial charge in [0.05, 0.1) is 6.10 Å². The summed E-state index contributed by atoms with van der Waals surface area (Å²) in [6.07, 6.45) is 2.71. The highest BCUT2D eigenvalue weighted by Crippen LogP contribution is 2.27. The summed E-state index contributed by atoms with van der Waals surface area (Å²) < 4.78 is 1.01. The molecular formula is C12H17BrO. The van der Waals surface area contributed by atoms with E-state index in [-0.39, 0.29) is 6.10 Å². The van der Waals surface area contributed by atoms with Crippen molar-refractivity contribution in [2.24, 2.45) is 0 Å². The Hall–Kier alpha value is -0.340. The highest BCUT2D eigenvalue weighted by molar-refractivity contribution is 9.10. The standard InChI is InChI=1S/C12H17BrO/c1-3-4-5-12(14)10-7-6-9(2)8-11(10)13/h6-8,12,14H,3-5H2,1-2H3. The van der Waals surface area contributed by atoms with Crippen LogP contribution in [0.5, 0.6) is 0 Å². The molecule has 0 spiro atoms. The highest BCUT2D eigenvalue weighted by Gasteiger charge is 2.10. The number of rotatable bonds is 4. The molecule has 0 aliphatic carbocycles. The molecule has 1 N–H and O–H groups in total. The molecule has 1 rings (SSSR count). The van der Waals surface area contributed by atoms with Gasteiger partial charge in [-0.2, -0.15) is 0 Å². The monoisotopic (exact) mass is 256 g/mol. The largest absolute Gasteiger partial charge is 0.388 e. The van der Waals surface area contributed by atoms with E-state index >= 15 is 0 Å². The molecule has 2 heteroatoms. The van der Waals surface area contributed by atoms with E-state index in [1.165, 1.54) is 5.56 Å². The number of unbranched alkanes of at least 4 members (excludes halogenated alkanes) is 1. The maximum Gasteiger partial charge on any atom is 0.0800 e. The van der Waals surface area contributed by atoms with E-state index in [0.29, 0.717) is 0 Å². The summed E-state index contributed by atoms with van der Waals surface area (Å²) in [4.78, 5) is 0. The van der Waals surface area contributed by atoms with Gasteiger partial charge in [-0.05, 0) is 30.5 Å². The van der Waals surface area contributed by atoms with Crippen molar-refractivity contribution in [3.8, 4) is 0 Å². The van der Waals surface area contributed by atoms with Gasteiger partial charge in [-0.1, -0.05) is 47.8 Å². The minimum Gasteiger partial charge on any atom is -0.388 e. The number of hydrogen-bond acceptors (Lipinski definition) is 1. The molecule has 1 unspecified atom stereocenters. The molecule has 0 radical (unpaired) electrons. The second-order valence-corrected chi connectivity index (χ2v) is 4.54. The van der Waals surface area contributed by atoms with Crippen molar-refractivity contribution in [2.45, 2.75) is 39.2 Å². The third-order valence-electron chi connectivity index (χ3n) is 2.35. The number of aliphatic hydroxyl groups excluding tert-OH is 1. The van der Waals surface area contributed by atoms with Crippen LogP contribution < -0.4 is 0 Å². The van der Waals surface area contributed by atoms with E-state index < -0.39 is 0 Å². The molecule has 0 aliphatic rings. The summed E-state index contributed by atoms with van der Waals surface area (Å²) in [5, 5.41) is 9.89. The van der Waals surface area contributed by atoms with Crippen LogP contribution >= 0.6 is 15.9 Å². The predicted molar refractivity (Wildman–Crippen MR) is 63.4 cm³/mol. The van der Waals surface area contributed by atoms with Gasteiger partial charge >= 0.3 is 0 Å². The summed E-state index contributed by atoms with van der Waals surface area (Å²) in [5.41, 5.74) is 2.22. The zero-order valence-electron chi connectivity index (χ0n) is 8.76. The first kappa shape index (κ1) is 11.7. The molecule has 0 heterocycles. The van der Waals surface area contributed by atoms with Gasteiger partial charge in [0.1, 0.15) is 0 Å². The average molecular weight is 257 g/mol. The van der Waals surface area contributed by atoms with E-state index in [4.69, 9.17) is 0 Å². The average Bonchev–Trinajstić information content (AvgIpc) is 2.14. The first-order valence-electron chi connectivity index (χ1n) is 5.09. The van der Waals surface area contributed by atoms with Gasteiger partial charge in [0.25, 0.3) is 0 Å². The van der Waals surface area contributed by atoms with E-state index in [0.717, 1.165) is 29.3 Å². The van der Waals surface area contributed by atoms with Crippen molar-refractivity contribution >= 4 is 15.9 Å². The quantitative estimate of drug-likeness (QED) is 0.864. The Balaban J connectivity index is 2.74. The Bertz CT molecular complexity index is 296. The Kier molecular flexibility index (Phi) is 4.63. The van der Waals surface area contributed by atoms with Gasteiger partial charge in [-0.25, -0.2) is 0 Å². The lowest BCUT2D eigenvalue weighted by Gasteiger charge is -2.12. The molecule has 1 aromatic carbocycles. The number of aliphatic hydroxyl groups is 1. The second-order valence-electron chi connectivity index (χ2n) is 3.68. The summed E-state index contributed by atoms with van der Waals surface area (Å²) >= 11 is 3.48. The number of benzene rings is 1. The van der Waals surface area contributed by atoms with E-state index in [1.54, 1.807) is 0 Å². The Morgan fingerprint density at radius 2 is 2.14 bits per heavy atom. The topological polar surface area (TPSA) is 20.2 Å². The van der Waals surface area contributed by atoms with Crippen molar-refractivity contribution in [3.63, 3.8) is 0 Å².